The van der Waals surface area contributed by atoms with Crippen molar-refractivity contribution in [3.63, 3.8) is 0 Å². The molecule has 0 spiro atoms. The number of carbonyl (C=O) groups is 14. The zero-order valence-electron chi connectivity index (χ0n) is 49.6. The minimum Gasteiger partial charge on any atom is -0.508 e. The van der Waals surface area contributed by atoms with Gasteiger partial charge in [-0.1, -0.05) is 55.3 Å². The quantitative estimate of drug-likeness (QED) is 0.0169. The number of rotatable bonds is 41. The maximum Gasteiger partial charge on any atom is 0.303 e. The molecule has 492 valence electrons. The molecule has 1 fully saturated rings. The Labute approximate surface area is 524 Å². The van der Waals surface area contributed by atoms with E-state index in [4.69, 9.17) is 23.6 Å². The number of primary amides is 1. The molecule has 0 aromatic heterocycles. The maximum atomic E-state index is 14.5. The predicted molar refractivity (Wildman–Crippen MR) is 325 cm³/mol. The molecule has 12 amide bonds. The van der Waals surface area contributed by atoms with Crippen LogP contribution in [0.1, 0.15) is 94.6 Å². The van der Waals surface area contributed by atoms with Crippen molar-refractivity contribution in [2.75, 3.05) is 45.0 Å². The Bertz CT molecular complexity index is 2860. The molecule has 19 N–H and O–H groups in total. The lowest BCUT2D eigenvalue weighted by atomic mass is 10.0. The summed E-state index contributed by atoms with van der Waals surface area (Å²) >= 11 is 4.12. The molecule has 0 aliphatic carbocycles. The van der Waals surface area contributed by atoms with E-state index in [1.165, 1.54) is 29.2 Å². The second-order valence-electron chi connectivity index (χ2n) is 21.1. The highest BCUT2D eigenvalue weighted by molar-refractivity contribution is 7.80. The van der Waals surface area contributed by atoms with Crippen LogP contribution in [0.2, 0.25) is 0 Å². The van der Waals surface area contributed by atoms with Gasteiger partial charge in [0.25, 0.3) is 0 Å². The number of phenolic OH excluding ortho intramolecular Hbond substituents is 1. The molecule has 1 aliphatic heterocycles. The molecule has 0 saturated carbocycles. The number of aromatic hydroxyl groups is 1. The van der Waals surface area contributed by atoms with E-state index < -0.39 is 165 Å². The summed E-state index contributed by atoms with van der Waals surface area (Å²) in [7, 11) is 0. The molecule has 1 aliphatic rings. The normalized spacial score (nSPS) is 14.8. The van der Waals surface area contributed by atoms with Crippen molar-refractivity contribution in [3.8, 4) is 18.1 Å². The van der Waals surface area contributed by atoms with Crippen LogP contribution in [0.3, 0.4) is 0 Å². The van der Waals surface area contributed by atoms with E-state index in [0.717, 1.165) is 12.8 Å². The summed E-state index contributed by atoms with van der Waals surface area (Å²) in [4.78, 5) is 182. The van der Waals surface area contributed by atoms with Crippen LogP contribution < -0.4 is 70.4 Å². The monoisotopic (exact) mass is 1280 g/mol. The largest absolute Gasteiger partial charge is 0.508 e. The highest BCUT2D eigenvalue weighted by atomic mass is 32.1. The highest BCUT2D eigenvalue weighted by Gasteiger charge is 2.40. The number of nitrogens with zero attached hydrogens (tertiary/aromatic N) is 1. The van der Waals surface area contributed by atoms with Crippen molar-refractivity contribution in [1.82, 2.24) is 58.1 Å². The molecule has 0 radical (unpaired) electrons. The van der Waals surface area contributed by atoms with Crippen LogP contribution in [-0.4, -0.2) is 196 Å². The van der Waals surface area contributed by atoms with E-state index in [1.807, 2.05) is 0 Å². The molecule has 31 nitrogen and oxygen atoms in total. The van der Waals surface area contributed by atoms with Gasteiger partial charge < -0.3 is 90.6 Å². The van der Waals surface area contributed by atoms with Crippen LogP contribution in [0.5, 0.6) is 5.75 Å². The number of amides is 12. The third-order valence-electron chi connectivity index (χ3n) is 14.0. The first-order valence-corrected chi connectivity index (χ1v) is 29.7. The van der Waals surface area contributed by atoms with Crippen LogP contribution in [-0.2, 0) is 80.0 Å². The lowest BCUT2D eigenvalue weighted by Crippen LogP contribution is -2.60. The smallest absolute Gasteiger partial charge is 0.303 e. The third kappa shape index (κ3) is 29.1. The topological polar surface area (TPSA) is 501 Å². The zero-order valence-corrected chi connectivity index (χ0v) is 50.5. The Morgan fingerprint density at radius 2 is 1.02 bits per heavy atom. The minimum atomic E-state index is -1.66. The first-order chi connectivity index (χ1) is 42.8. The van der Waals surface area contributed by atoms with Crippen molar-refractivity contribution >= 4 is 95.5 Å². The number of carboxylic acid groups (broad SMARTS) is 2. The van der Waals surface area contributed by atoms with E-state index >= 15 is 0 Å². The van der Waals surface area contributed by atoms with Crippen LogP contribution in [0.4, 0.5) is 0 Å². The van der Waals surface area contributed by atoms with Crippen LogP contribution in [0.25, 0.3) is 0 Å². The molecule has 2 aromatic carbocycles. The van der Waals surface area contributed by atoms with Crippen LogP contribution in [0, 0.1) is 12.3 Å². The molecule has 8 unspecified atom stereocenters. The van der Waals surface area contributed by atoms with Gasteiger partial charge in [-0.2, -0.15) is 12.6 Å². The standard InChI is InChI=1S/C58H82N14O17S/c1-2-3-14-41(58(89)72-25-10-15-44(72)57(88)71-43(26-34-11-6-4-7-12-34)55(86)68-39(53(61)84)21-23-51(80)81)69-56(87)42(27-35-17-19-36(73)20-18-35)70-54(85)40(22-24-52(82)83)67-50(79)32-66-49(78)31-65-48(77)30-64-47(76)29-63-46(75)28-62-45(74)16-9-5-8-13-37(59)38(60)33-90/h1,4,6-7,11-12,17-20,37-44,73,90H,3,5,8-10,13-16,21-33,59-60H2,(H2,61,84)(H,62,74)(H,63,75)(H,64,76)(H,65,77)(H,66,78)(H,67,79)(H,68,86)(H,69,87)(H,70,85)(H,71,88)(H,80,81)(H,82,83). The summed E-state index contributed by atoms with van der Waals surface area (Å²) < 4.78 is 0. The van der Waals surface area contributed by atoms with E-state index in [9.17, 15) is 82.4 Å². The number of nitrogens with one attached hydrogen (secondary N) is 10. The number of hydrogen-bond acceptors (Lipinski definition) is 18. The number of unbranched alkanes of at least 4 members (excludes halogenated alkanes) is 2. The Hall–Kier alpha value is -9.35. The number of thiol groups is 1. The number of terminal acetylenes is 1. The number of hydrogen-bond donors (Lipinski definition) is 17. The van der Waals surface area contributed by atoms with Crippen LogP contribution in [0.15, 0.2) is 54.6 Å². The molecule has 8 atom stereocenters. The van der Waals surface area contributed by atoms with Gasteiger partial charge in [0.15, 0.2) is 0 Å². The Morgan fingerprint density at radius 1 is 0.544 bits per heavy atom. The SMILES string of the molecule is C#CCCC(NC(=O)C(Cc1ccc(O)cc1)NC(=O)C(CCC(=O)O)NC(=O)CNC(=O)CNC(=O)CNC(=O)CNC(=O)CNC(=O)CCCCCC(N)C(N)CS)C(=O)N1CCCC1C(=O)NC(Cc1ccccc1)C(=O)NC(CCC(=O)O)C(N)=O. The fourth-order valence-corrected chi connectivity index (χ4v) is 9.24. The van der Waals surface area contributed by atoms with Gasteiger partial charge in [0.2, 0.25) is 70.9 Å². The first-order valence-electron chi connectivity index (χ1n) is 29.1. The van der Waals surface area contributed by atoms with Gasteiger partial charge in [-0.05, 0) is 68.2 Å². The van der Waals surface area contributed by atoms with Crippen molar-refractivity contribution in [2.24, 2.45) is 17.2 Å². The van der Waals surface area contributed by atoms with E-state index in [-0.39, 0.29) is 75.2 Å². The fraction of sp³-hybridized carbons (Fsp3) is 0.517. The van der Waals surface area contributed by atoms with Crippen molar-refractivity contribution in [1.29, 1.82) is 0 Å². The summed E-state index contributed by atoms with van der Waals surface area (Å²) in [5, 5.41) is 52.6. The molecule has 0 bridgehead atoms. The molecule has 2 aromatic rings. The third-order valence-corrected chi connectivity index (χ3v) is 14.4. The average Bonchev–Trinajstić information content (AvgIpc) is 1.78. The maximum absolute atomic E-state index is 14.5. The molecular weight excluding hydrogens is 1200 g/mol. The number of phenols is 1. The van der Waals surface area contributed by atoms with Crippen molar-refractivity contribution in [2.45, 2.75) is 145 Å². The molecule has 3 rings (SSSR count). The van der Waals surface area contributed by atoms with E-state index in [0.29, 0.717) is 36.1 Å². The minimum absolute atomic E-state index is 0.00402. The number of carbonyl (C=O) groups excluding carboxylic acids is 12. The van der Waals surface area contributed by atoms with Gasteiger partial charge in [0.1, 0.15) is 42.0 Å². The van der Waals surface area contributed by atoms with Crippen molar-refractivity contribution < 1.29 is 82.4 Å². The van der Waals surface area contributed by atoms with E-state index in [2.05, 4.69) is 71.7 Å². The Balaban J connectivity index is 1.63. The highest BCUT2D eigenvalue weighted by Crippen LogP contribution is 2.21. The molecule has 90 heavy (non-hydrogen) atoms. The van der Waals surface area contributed by atoms with Gasteiger partial charge in [0.05, 0.1) is 32.7 Å². The van der Waals surface area contributed by atoms with Gasteiger partial charge in [-0.15, -0.1) is 12.3 Å². The van der Waals surface area contributed by atoms with Gasteiger partial charge in [0, 0.05) is 62.9 Å². The number of benzene rings is 2. The summed E-state index contributed by atoms with van der Waals surface area (Å²) in [5.74, 6) is -10.0. The zero-order chi connectivity index (χ0) is 66.7. The number of carboxylic acids is 2. The average molecular weight is 1280 g/mol. The first kappa shape index (κ1) is 74.9. The Kier molecular flexibility index (Phi) is 33.5. The number of aliphatic carboxylic acids is 2. The molecular formula is C58H82N14O17S. The lowest BCUT2D eigenvalue weighted by Gasteiger charge is -2.31. The van der Waals surface area contributed by atoms with Gasteiger partial charge >= 0.3 is 11.9 Å². The molecule has 1 saturated heterocycles. The molecule has 1 heterocycles. The fourth-order valence-electron chi connectivity index (χ4n) is 8.97. The second kappa shape index (κ2) is 40.2. The Morgan fingerprint density at radius 3 is 1.54 bits per heavy atom. The summed E-state index contributed by atoms with van der Waals surface area (Å²) in [6.45, 7) is -3.07. The predicted octanol–water partition coefficient (Wildman–Crippen LogP) is -4.66. The second-order valence-corrected chi connectivity index (χ2v) is 21.5. The molecule has 32 heteroatoms. The summed E-state index contributed by atoms with van der Waals surface area (Å²) in [6, 6.07) is 4.82. The summed E-state index contributed by atoms with van der Waals surface area (Å²) in [5.41, 5.74) is 18.2. The lowest BCUT2D eigenvalue weighted by molar-refractivity contribution is -0.142. The van der Waals surface area contributed by atoms with Crippen LogP contribution >= 0.6 is 12.6 Å². The number of nitrogens with two attached hydrogens (primary N) is 3. The summed E-state index contributed by atoms with van der Waals surface area (Å²) in [6.07, 6.45) is 6.16. The van der Waals surface area contributed by atoms with Gasteiger partial charge in [-0.3, -0.25) is 67.1 Å². The van der Waals surface area contributed by atoms with Crippen molar-refractivity contribution in [3.05, 3.63) is 65.7 Å². The van der Waals surface area contributed by atoms with E-state index in [1.54, 1.807) is 30.3 Å². The number of likely N-dealkylation sites (tertiary alicyclic amines) is 1. The van der Waals surface area contributed by atoms with Gasteiger partial charge in [-0.25, -0.2) is 0 Å².